The van der Waals surface area contributed by atoms with E-state index < -0.39 is 4.92 Å². The van der Waals surface area contributed by atoms with Gasteiger partial charge in [0.25, 0.3) is 11.6 Å². The minimum Gasteiger partial charge on any atom is -0.332 e. The molecule has 1 aromatic rings. The van der Waals surface area contributed by atoms with E-state index in [0.29, 0.717) is 6.54 Å². The number of carbonyl (C=O) groups excluding carboxylic acids is 1. The fraction of sp³-hybridized carbons (Fsp3) is 0.500. The van der Waals surface area contributed by atoms with Gasteiger partial charge in [0.1, 0.15) is 5.56 Å². The van der Waals surface area contributed by atoms with Crippen molar-refractivity contribution in [2.75, 3.05) is 6.54 Å². The van der Waals surface area contributed by atoms with Gasteiger partial charge in [-0.3, -0.25) is 14.9 Å². The zero-order valence-electron chi connectivity index (χ0n) is 13.2. The average Bonchev–Trinajstić information content (AvgIpc) is 2.98. The minimum atomic E-state index is -0.470. The van der Waals surface area contributed by atoms with Gasteiger partial charge in [-0.1, -0.05) is 31.1 Å². The van der Waals surface area contributed by atoms with E-state index in [4.69, 9.17) is 0 Å². The molecule has 1 amide bonds. The first-order valence-corrected chi connectivity index (χ1v) is 8.28. The number of benzene rings is 1. The topological polar surface area (TPSA) is 63.5 Å². The standard InChI is InChI=1S/C18H22N2O3/c1-2-14-8-5-6-11-18(14)12-7-13-19(18)17(21)15-9-3-4-10-16(15)20(22)23/h2-4,9-10,14H,1,5-8,11-13H2. The van der Waals surface area contributed by atoms with Gasteiger partial charge in [0, 0.05) is 18.2 Å². The van der Waals surface area contributed by atoms with E-state index in [1.807, 2.05) is 11.0 Å². The van der Waals surface area contributed by atoms with Crippen molar-refractivity contribution in [3.63, 3.8) is 0 Å². The molecule has 0 radical (unpaired) electrons. The molecule has 1 saturated carbocycles. The predicted octanol–water partition coefficient (Wildman–Crippen LogP) is 3.95. The van der Waals surface area contributed by atoms with Crippen LogP contribution in [0.3, 0.4) is 0 Å². The molecule has 23 heavy (non-hydrogen) atoms. The second-order valence-electron chi connectivity index (χ2n) is 6.53. The smallest absolute Gasteiger partial charge is 0.282 e. The summed E-state index contributed by atoms with van der Waals surface area (Å²) in [5.74, 6) is 0.0778. The summed E-state index contributed by atoms with van der Waals surface area (Å²) in [6, 6.07) is 6.26. The summed E-state index contributed by atoms with van der Waals surface area (Å²) in [5.41, 5.74) is -0.0986. The van der Waals surface area contributed by atoms with Crippen LogP contribution in [-0.4, -0.2) is 27.8 Å². The van der Waals surface area contributed by atoms with Gasteiger partial charge in [-0.2, -0.15) is 0 Å². The van der Waals surface area contributed by atoms with Crippen LogP contribution >= 0.6 is 0 Å². The molecule has 1 spiro atoms. The van der Waals surface area contributed by atoms with Crippen LogP contribution in [-0.2, 0) is 0 Å². The zero-order chi connectivity index (χ0) is 16.4. The Hall–Kier alpha value is -2.17. The fourth-order valence-corrected chi connectivity index (χ4v) is 4.40. The predicted molar refractivity (Wildman–Crippen MR) is 88.3 cm³/mol. The quantitative estimate of drug-likeness (QED) is 0.482. The number of carbonyl (C=O) groups is 1. The van der Waals surface area contributed by atoms with E-state index in [9.17, 15) is 14.9 Å². The van der Waals surface area contributed by atoms with Gasteiger partial charge in [-0.05, 0) is 37.7 Å². The van der Waals surface area contributed by atoms with Crippen LogP contribution in [0.4, 0.5) is 5.69 Å². The van der Waals surface area contributed by atoms with Crippen LogP contribution in [0, 0.1) is 16.0 Å². The van der Waals surface area contributed by atoms with Crippen molar-refractivity contribution >= 4 is 11.6 Å². The molecular weight excluding hydrogens is 292 g/mol. The van der Waals surface area contributed by atoms with Gasteiger partial charge in [0.2, 0.25) is 0 Å². The van der Waals surface area contributed by atoms with Gasteiger partial charge < -0.3 is 4.90 Å². The van der Waals surface area contributed by atoms with E-state index in [2.05, 4.69) is 6.58 Å². The number of rotatable bonds is 3. The van der Waals surface area contributed by atoms with Crippen molar-refractivity contribution in [3.8, 4) is 0 Å². The molecule has 1 aliphatic heterocycles. The molecule has 2 unspecified atom stereocenters. The first-order valence-electron chi connectivity index (χ1n) is 8.28. The molecule has 1 saturated heterocycles. The van der Waals surface area contributed by atoms with Crippen molar-refractivity contribution in [2.24, 2.45) is 5.92 Å². The molecular formula is C18H22N2O3. The van der Waals surface area contributed by atoms with E-state index >= 15 is 0 Å². The molecule has 0 bridgehead atoms. The second-order valence-corrected chi connectivity index (χ2v) is 6.53. The minimum absolute atomic E-state index is 0.106. The van der Waals surface area contributed by atoms with Crippen molar-refractivity contribution in [3.05, 3.63) is 52.6 Å². The third kappa shape index (κ3) is 2.54. The lowest BCUT2D eigenvalue weighted by atomic mass is 9.71. The highest BCUT2D eigenvalue weighted by Gasteiger charge is 2.49. The van der Waals surface area contributed by atoms with Crippen molar-refractivity contribution < 1.29 is 9.72 Å². The average molecular weight is 314 g/mol. The maximum absolute atomic E-state index is 13.1. The highest BCUT2D eigenvalue weighted by atomic mass is 16.6. The Kier molecular flexibility index (Phi) is 4.20. The normalized spacial score (nSPS) is 27.1. The lowest BCUT2D eigenvalue weighted by molar-refractivity contribution is -0.385. The highest BCUT2D eigenvalue weighted by molar-refractivity contribution is 5.98. The van der Waals surface area contributed by atoms with Gasteiger partial charge in [0.15, 0.2) is 0 Å². The van der Waals surface area contributed by atoms with Crippen LogP contribution in [0.2, 0.25) is 0 Å². The van der Waals surface area contributed by atoms with E-state index in [1.54, 1.807) is 18.2 Å². The number of likely N-dealkylation sites (tertiary alicyclic amines) is 1. The first-order chi connectivity index (χ1) is 11.1. The monoisotopic (exact) mass is 314 g/mol. The van der Waals surface area contributed by atoms with Crippen LogP contribution < -0.4 is 0 Å². The van der Waals surface area contributed by atoms with Crippen molar-refractivity contribution in [1.82, 2.24) is 4.90 Å². The zero-order valence-corrected chi connectivity index (χ0v) is 13.2. The lowest BCUT2D eigenvalue weighted by Gasteiger charge is -2.46. The third-order valence-corrected chi connectivity index (χ3v) is 5.45. The van der Waals surface area contributed by atoms with E-state index in [-0.39, 0.29) is 28.6 Å². The Labute approximate surface area is 136 Å². The molecule has 3 rings (SSSR count). The summed E-state index contributed by atoms with van der Waals surface area (Å²) in [6.07, 6.45) is 8.17. The molecule has 2 aliphatic rings. The van der Waals surface area contributed by atoms with Crippen molar-refractivity contribution in [1.29, 1.82) is 0 Å². The number of para-hydroxylation sites is 1. The van der Waals surface area contributed by atoms with Crippen LogP contribution in [0.5, 0.6) is 0 Å². The maximum Gasteiger partial charge on any atom is 0.282 e. The SMILES string of the molecule is C=CC1CCCCC12CCCN2C(=O)c1ccccc1[N+](=O)[O-]. The van der Waals surface area contributed by atoms with Crippen LogP contribution in [0.25, 0.3) is 0 Å². The van der Waals surface area contributed by atoms with Gasteiger partial charge in [-0.25, -0.2) is 0 Å². The molecule has 2 atom stereocenters. The molecule has 1 aliphatic carbocycles. The van der Waals surface area contributed by atoms with Crippen LogP contribution in [0.15, 0.2) is 36.9 Å². The fourth-order valence-electron chi connectivity index (χ4n) is 4.40. The Morgan fingerprint density at radius 2 is 2.04 bits per heavy atom. The molecule has 1 heterocycles. The molecule has 2 fully saturated rings. The van der Waals surface area contributed by atoms with E-state index in [1.165, 1.54) is 6.07 Å². The molecule has 0 aromatic heterocycles. The summed E-state index contributed by atoms with van der Waals surface area (Å²) in [6.45, 7) is 4.65. The largest absolute Gasteiger partial charge is 0.332 e. The molecule has 5 nitrogen and oxygen atoms in total. The van der Waals surface area contributed by atoms with Gasteiger partial charge >= 0.3 is 0 Å². The first kappa shape index (κ1) is 15.7. The van der Waals surface area contributed by atoms with Crippen LogP contribution in [0.1, 0.15) is 48.9 Å². The van der Waals surface area contributed by atoms with E-state index in [0.717, 1.165) is 38.5 Å². The molecule has 5 heteroatoms. The number of hydrogen-bond acceptors (Lipinski definition) is 3. The Balaban J connectivity index is 1.98. The van der Waals surface area contributed by atoms with Crippen molar-refractivity contribution in [2.45, 2.75) is 44.1 Å². The summed E-state index contributed by atoms with van der Waals surface area (Å²) in [7, 11) is 0. The maximum atomic E-state index is 13.1. The summed E-state index contributed by atoms with van der Waals surface area (Å²) >= 11 is 0. The Bertz CT molecular complexity index is 643. The molecule has 0 N–H and O–H groups in total. The summed E-state index contributed by atoms with van der Waals surface area (Å²) < 4.78 is 0. The number of nitro groups is 1. The number of hydrogen-bond donors (Lipinski definition) is 0. The number of nitrogens with zero attached hydrogens (tertiary/aromatic N) is 2. The molecule has 1 aromatic carbocycles. The van der Waals surface area contributed by atoms with Gasteiger partial charge in [-0.15, -0.1) is 6.58 Å². The summed E-state index contributed by atoms with van der Waals surface area (Å²) in [5, 5.41) is 11.2. The Morgan fingerprint density at radius 1 is 1.30 bits per heavy atom. The highest BCUT2D eigenvalue weighted by Crippen LogP contribution is 2.46. The second kappa shape index (κ2) is 6.14. The number of nitro benzene ring substituents is 1. The molecule has 122 valence electrons. The summed E-state index contributed by atoms with van der Waals surface area (Å²) in [4.78, 5) is 25.8. The lowest BCUT2D eigenvalue weighted by Crippen LogP contribution is -2.53. The van der Waals surface area contributed by atoms with Gasteiger partial charge in [0.05, 0.1) is 4.92 Å². The number of amides is 1. The third-order valence-electron chi connectivity index (χ3n) is 5.45. The Morgan fingerprint density at radius 3 is 2.78 bits per heavy atom.